The van der Waals surface area contributed by atoms with Crippen LogP contribution in [0.4, 0.5) is 0 Å². The number of methoxy groups -OCH3 is 1. The molecular weight excluding hydrogens is 266 g/mol. The van der Waals surface area contributed by atoms with E-state index in [9.17, 15) is 8.42 Å². The summed E-state index contributed by atoms with van der Waals surface area (Å²) in [7, 11) is -2.28. The number of sulfonamides is 1. The molecule has 0 radical (unpaired) electrons. The maximum absolute atomic E-state index is 12.4. The molecule has 19 heavy (non-hydrogen) atoms. The van der Waals surface area contributed by atoms with Crippen molar-refractivity contribution >= 4 is 10.0 Å². The fraction of sp³-hybridized carbons (Fsp3) is 0.538. The van der Waals surface area contributed by atoms with E-state index in [0.29, 0.717) is 12.0 Å². The predicted octanol–water partition coefficient (Wildman–Crippen LogP) is 1.65. The molecule has 0 aliphatic heterocycles. The molecule has 0 unspecified atom stereocenters. The Morgan fingerprint density at radius 3 is 2.47 bits per heavy atom. The van der Waals surface area contributed by atoms with Crippen LogP contribution in [0.2, 0.25) is 0 Å². The minimum Gasteiger partial charge on any atom is -0.495 e. The molecule has 6 heteroatoms. The summed E-state index contributed by atoms with van der Waals surface area (Å²) in [6.45, 7) is 5.31. The van der Waals surface area contributed by atoms with Crippen molar-refractivity contribution in [1.82, 2.24) is 4.72 Å². The second kappa shape index (κ2) is 5.90. The molecule has 0 heterocycles. The minimum absolute atomic E-state index is 0.0445. The van der Waals surface area contributed by atoms with Crippen LogP contribution >= 0.6 is 0 Å². The molecule has 0 spiro atoms. The lowest BCUT2D eigenvalue weighted by atomic mass is 10.0. The quantitative estimate of drug-likeness (QED) is 0.834. The van der Waals surface area contributed by atoms with Crippen molar-refractivity contribution in [2.75, 3.05) is 7.11 Å². The molecule has 1 rings (SSSR count). The van der Waals surface area contributed by atoms with Gasteiger partial charge in [0, 0.05) is 5.54 Å². The maximum atomic E-state index is 12.4. The van der Waals surface area contributed by atoms with Crippen molar-refractivity contribution in [3.05, 3.63) is 23.8 Å². The molecule has 0 saturated heterocycles. The summed E-state index contributed by atoms with van der Waals surface area (Å²) in [4.78, 5) is 0.0445. The third-order valence-electron chi connectivity index (χ3n) is 2.99. The third-order valence-corrected chi connectivity index (χ3v) is 4.71. The number of rotatable bonds is 6. The highest BCUT2D eigenvalue weighted by Gasteiger charge is 2.27. The van der Waals surface area contributed by atoms with Crippen LogP contribution in [0.25, 0.3) is 0 Å². The van der Waals surface area contributed by atoms with E-state index in [1.54, 1.807) is 12.1 Å². The fourth-order valence-corrected chi connectivity index (χ4v) is 3.22. The summed E-state index contributed by atoms with van der Waals surface area (Å²) in [5.74, 6) is 0.261. The van der Waals surface area contributed by atoms with Gasteiger partial charge in [0.05, 0.1) is 13.7 Å². The average molecular weight is 287 g/mol. The standard InChI is InChI=1S/C13H21NO4S/c1-5-13(2,3)14-19(16,17)12-8-10(9-15)6-7-11(12)18-4/h6-8,14-15H,5,9H2,1-4H3. The number of hydrogen-bond donors (Lipinski definition) is 2. The molecular formula is C13H21NO4S. The first-order valence-corrected chi connectivity index (χ1v) is 7.56. The topological polar surface area (TPSA) is 75.6 Å². The Morgan fingerprint density at radius 2 is 2.00 bits per heavy atom. The van der Waals surface area contributed by atoms with Gasteiger partial charge in [-0.05, 0) is 38.0 Å². The summed E-state index contributed by atoms with van der Waals surface area (Å²) < 4.78 is 32.5. The molecule has 0 aromatic heterocycles. The van der Waals surface area contributed by atoms with Crippen molar-refractivity contribution < 1.29 is 18.3 Å². The van der Waals surface area contributed by atoms with E-state index in [4.69, 9.17) is 9.84 Å². The van der Waals surface area contributed by atoms with E-state index >= 15 is 0 Å². The van der Waals surface area contributed by atoms with Crippen molar-refractivity contribution in [3.8, 4) is 5.75 Å². The Labute approximate surface area is 114 Å². The van der Waals surface area contributed by atoms with Gasteiger partial charge in [0.2, 0.25) is 10.0 Å². The zero-order chi connectivity index (χ0) is 14.7. The SMILES string of the molecule is CCC(C)(C)NS(=O)(=O)c1cc(CO)ccc1OC. The van der Waals surface area contributed by atoms with Gasteiger partial charge < -0.3 is 9.84 Å². The molecule has 5 nitrogen and oxygen atoms in total. The molecule has 0 atom stereocenters. The Kier molecular flexibility index (Phi) is 4.95. The number of aliphatic hydroxyl groups excluding tert-OH is 1. The van der Waals surface area contributed by atoms with Gasteiger partial charge in [-0.1, -0.05) is 13.0 Å². The summed E-state index contributed by atoms with van der Waals surface area (Å²) in [5.41, 5.74) is -0.0190. The summed E-state index contributed by atoms with van der Waals surface area (Å²) >= 11 is 0. The van der Waals surface area contributed by atoms with Crippen LogP contribution in [0.15, 0.2) is 23.1 Å². The molecule has 1 aromatic carbocycles. The third kappa shape index (κ3) is 3.92. The number of aliphatic hydroxyl groups is 1. The molecule has 0 fully saturated rings. The van der Waals surface area contributed by atoms with Crippen molar-refractivity contribution in [2.45, 2.75) is 44.2 Å². The molecule has 0 aliphatic carbocycles. The predicted molar refractivity (Wildman–Crippen MR) is 73.6 cm³/mol. The highest BCUT2D eigenvalue weighted by atomic mass is 32.2. The van der Waals surface area contributed by atoms with Crippen LogP contribution in [-0.2, 0) is 16.6 Å². The van der Waals surface area contributed by atoms with Crippen molar-refractivity contribution in [2.24, 2.45) is 0 Å². The Morgan fingerprint density at radius 1 is 1.37 bits per heavy atom. The largest absolute Gasteiger partial charge is 0.495 e. The average Bonchev–Trinajstić information content (AvgIpc) is 2.36. The summed E-state index contributed by atoms with van der Waals surface area (Å²) in [6.07, 6.45) is 0.661. The lowest BCUT2D eigenvalue weighted by Crippen LogP contribution is -2.42. The van der Waals surface area contributed by atoms with Gasteiger partial charge >= 0.3 is 0 Å². The van der Waals surface area contributed by atoms with Gasteiger partial charge in [-0.15, -0.1) is 0 Å². The lowest BCUT2D eigenvalue weighted by Gasteiger charge is -2.24. The molecule has 0 amide bonds. The van der Waals surface area contributed by atoms with Crippen LogP contribution in [0.3, 0.4) is 0 Å². The van der Waals surface area contributed by atoms with Crippen LogP contribution in [-0.4, -0.2) is 26.2 Å². The van der Waals surface area contributed by atoms with E-state index in [2.05, 4.69) is 4.72 Å². The summed E-state index contributed by atoms with van der Waals surface area (Å²) in [5, 5.41) is 9.11. The zero-order valence-electron chi connectivity index (χ0n) is 11.7. The van der Waals surface area contributed by atoms with Gasteiger partial charge in [-0.2, -0.15) is 0 Å². The van der Waals surface area contributed by atoms with Gasteiger partial charge in [0.1, 0.15) is 10.6 Å². The fourth-order valence-electron chi connectivity index (χ4n) is 1.52. The zero-order valence-corrected chi connectivity index (χ0v) is 12.5. The van der Waals surface area contributed by atoms with E-state index in [0.717, 1.165) is 0 Å². The van der Waals surface area contributed by atoms with Crippen LogP contribution in [0, 0.1) is 0 Å². The molecule has 1 aromatic rings. The Balaban J connectivity index is 3.27. The molecule has 2 N–H and O–H groups in total. The number of ether oxygens (including phenoxy) is 1. The number of hydrogen-bond acceptors (Lipinski definition) is 4. The first-order chi connectivity index (χ1) is 8.75. The second-order valence-electron chi connectivity index (χ2n) is 4.99. The van der Waals surface area contributed by atoms with Crippen LogP contribution in [0.1, 0.15) is 32.8 Å². The lowest BCUT2D eigenvalue weighted by molar-refractivity contribution is 0.281. The Hall–Kier alpha value is -1.11. The van der Waals surface area contributed by atoms with E-state index in [1.165, 1.54) is 13.2 Å². The van der Waals surface area contributed by atoms with Crippen LogP contribution in [0.5, 0.6) is 5.75 Å². The van der Waals surface area contributed by atoms with Gasteiger partial charge in [0.15, 0.2) is 0 Å². The number of benzene rings is 1. The van der Waals surface area contributed by atoms with Crippen molar-refractivity contribution in [3.63, 3.8) is 0 Å². The highest BCUT2D eigenvalue weighted by Crippen LogP contribution is 2.26. The Bertz CT molecular complexity index is 538. The first-order valence-electron chi connectivity index (χ1n) is 6.07. The van der Waals surface area contributed by atoms with Crippen molar-refractivity contribution in [1.29, 1.82) is 0 Å². The van der Waals surface area contributed by atoms with E-state index < -0.39 is 15.6 Å². The smallest absolute Gasteiger partial charge is 0.244 e. The van der Waals surface area contributed by atoms with Gasteiger partial charge in [-0.3, -0.25) is 0 Å². The van der Waals surface area contributed by atoms with Gasteiger partial charge in [0.25, 0.3) is 0 Å². The normalized spacial score (nSPS) is 12.5. The molecule has 0 bridgehead atoms. The first kappa shape index (κ1) is 15.9. The highest BCUT2D eigenvalue weighted by molar-refractivity contribution is 7.89. The van der Waals surface area contributed by atoms with Crippen LogP contribution < -0.4 is 9.46 Å². The maximum Gasteiger partial charge on any atom is 0.244 e. The van der Waals surface area contributed by atoms with Gasteiger partial charge in [-0.25, -0.2) is 13.1 Å². The monoisotopic (exact) mass is 287 g/mol. The molecule has 108 valence electrons. The molecule has 0 aliphatic rings. The second-order valence-corrected chi connectivity index (χ2v) is 6.64. The van der Waals surface area contributed by atoms with E-state index in [1.807, 2.05) is 20.8 Å². The summed E-state index contributed by atoms with van der Waals surface area (Å²) in [6, 6.07) is 4.59. The van der Waals surface area contributed by atoms with E-state index in [-0.39, 0.29) is 17.3 Å². The molecule has 0 saturated carbocycles. The number of nitrogens with one attached hydrogen (secondary N) is 1. The minimum atomic E-state index is -3.69.